The lowest BCUT2D eigenvalue weighted by Crippen LogP contribution is -2.04. The molecule has 1 aromatic rings. The van der Waals surface area contributed by atoms with Gasteiger partial charge in [0.25, 0.3) is 0 Å². The van der Waals surface area contributed by atoms with Gasteiger partial charge in [-0.1, -0.05) is 12.1 Å². The van der Waals surface area contributed by atoms with Gasteiger partial charge >= 0.3 is 5.97 Å². The second-order valence-electron chi connectivity index (χ2n) is 2.95. The van der Waals surface area contributed by atoms with Crippen molar-refractivity contribution in [3.05, 3.63) is 23.8 Å². The molecule has 0 fully saturated rings. The van der Waals surface area contributed by atoms with Crippen molar-refractivity contribution in [1.82, 2.24) is 0 Å². The Hall–Kier alpha value is -1.71. The van der Waals surface area contributed by atoms with E-state index in [9.17, 15) is 4.79 Å². The number of aliphatic carboxylic acids is 1. The number of ether oxygens (including phenoxy) is 2. The van der Waals surface area contributed by atoms with Crippen molar-refractivity contribution in [3.8, 4) is 11.5 Å². The molecular formula is C11H14O4. The van der Waals surface area contributed by atoms with E-state index in [1.54, 1.807) is 18.2 Å². The molecule has 0 unspecified atom stereocenters. The summed E-state index contributed by atoms with van der Waals surface area (Å²) in [6.45, 7) is 2.39. The molecular weight excluding hydrogens is 196 g/mol. The van der Waals surface area contributed by atoms with Gasteiger partial charge in [-0.25, -0.2) is 0 Å². The van der Waals surface area contributed by atoms with Gasteiger partial charge in [0.15, 0.2) is 11.5 Å². The van der Waals surface area contributed by atoms with Gasteiger partial charge in [-0.05, 0) is 13.0 Å². The van der Waals surface area contributed by atoms with E-state index in [0.717, 1.165) is 0 Å². The molecule has 0 atom stereocenters. The summed E-state index contributed by atoms with van der Waals surface area (Å²) in [5.41, 5.74) is 0.621. The van der Waals surface area contributed by atoms with Crippen LogP contribution in [0.5, 0.6) is 11.5 Å². The first-order valence-electron chi connectivity index (χ1n) is 4.69. The zero-order valence-electron chi connectivity index (χ0n) is 8.82. The third-order valence-corrected chi connectivity index (χ3v) is 1.91. The van der Waals surface area contributed by atoms with Gasteiger partial charge < -0.3 is 14.6 Å². The summed E-state index contributed by atoms with van der Waals surface area (Å²) in [5.74, 6) is 0.197. The minimum Gasteiger partial charge on any atom is -0.493 e. The summed E-state index contributed by atoms with van der Waals surface area (Å²) in [4.78, 5) is 10.6. The van der Waals surface area contributed by atoms with E-state index in [2.05, 4.69) is 0 Å². The lowest BCUT2D eigenvalue weighted by molar-refractivity contribution is -0.136. The van der Waals surface area contributed by atoms with Crippen molar-refractivity contribution in [3.63, 3.8) is 0 Å². The summed E-state index contributed by atoms with van der Waals surface area (Å²) in [5, 5.41) is 8.71. The van der Waals surface area contributed by atoms with Crippen LogP contribution in [0.2, 0.25) is 0 Å². The SMILES string of the molecule is CCOc1cccc(CC(=O)O)c1OC. The summed E-state index contributed by atoms with van der Waals surface area (Å²) in [7, 11) is 1.50. The first-order chi connectivity index (χ1) is 7.19. The van der Waals surface area contributed by atoms with Crippen LogP contribution in [-0.2, 0) is 11.2 Å². The van der Waals surface area contributed by atoms with Crippen molar-refractivity contribution in [2.24, 2.45) is 0 Å². The number of benzene rings is 1. The molecule has 0 aromatic heterocycles. The van der Waals surface area contributed by atoms with Crippen LogP contribution in [0.4, 0.5) is 0 Å². The standard InChI is InChI=1S/C11H14O4/c1-3-15-9-6-4-5-8(7-10(12)13)11(9)14-2/h4-6H,3,7H2,1-2H3,(H,12,13). The highest BCUT2D eigenvalue weighted by Gasteiger charge is 2.12. The number of carbonyl (C=O) groups is 1. The maximum absolute atomic E-state index is 10.6. The van der Waals surface area contributed by atoms with Crippen LogP contribution < -0.4 is 9.47 Å². The van der Waals surface area contributed by atoms with Crippen LogP contribution in [0.3, 0.4) is 0 Å². The van der Waals surface area contributed by atoms with Crippen LogP contribution in [0.25, 0.3) is 0 Å². The van der Waals surface area contributed by atoms with E-state index in [4.69, 9.17) is 14.6 Å². The second kappa shape index (κ2) is 5.24. The quantitative estimate of drug-likeness (QED) is 0.804. The monoisotopic (exact) mass is 210 g/mol. The lowest BCUT2D eigenvalue weighted by Gasteiger charge is -2.12. The molecule has 0 amide bonds. The van der Waals surface area contributed by atoms with Crippen molar-refractivity contribution < 1.29 is 19.4 Å². The van der Waals surface area contributed by atoms with Crippen molar-refractivity contribution in [1.29, 1.82) is 0 Å². The van der Waals surface area contributed by atoms with Crippen LogP contribution >= 0.6 is 0 Å². The number of hydrogen-bond donors (Lipinski definition) is 1. The first kappa shape index (κ1) is 11.4. The third kappa shape index (κ3) is 2.87. The summed E-state index contributed by atoms with van der Waals surface area (Å²) in [6, 6.07) is 5.23. The molecule has 0 saturated carbocycles. The molecule has 1 rings (SSSR count). The first-order valence-corrected chi connectivity index (χ1v) is 4.69. The molecule has 1 N–H and O–H groups in total. The average molecular weight is 210 g/mol. The van der Waals surface area contributed by atoms with E-state index in [-0.39, 0.29) is 6.42 Å². The number of para-hydroxylation sites is 1. The van der Waals surface area contributed by atoms with Gasteiger partial charge in [-0.2, -0.15) is 0 Å². The Kier molecular flexibility index (Phi) is 3.97. The zero-order chi connectivity index (χ0) is 11.3. The maximum atomic E-state index is 10.6. The summed E-state index contributed by atoms with van der Waals surface area (Å²) in [6.07, 6.45) is -0.0654. The molecule has 0 spiro atoms. The van der Waals surface area contributed by atoms with Gasteiger partial charge in [-0.3, -0.25) is 4.79 Å². The Balaban J connectivity index is 3.04. The van der Waals surface area contributed by atoms with Crippen LogP contribution in [0.15, 0.2) is 18.2 Å². The summed E-state index contributed by atoms with van der Waals surface area (Å²) >= 11 is 0. The molecule has 82 valence electrons. The highest BCUT2D eigenvalue weighted by Crippen LogP contribution is 2.31. The van der Waals surface area contributed by atoms with Gasteiger partial charge in [0, 0.05) is 5.56 Å². The van der Waals surface area contributed by atoms with E-state index >= 15 is 0 Å². The molecule has 0 aliphatic heterocycles. The molecule has 0 bridgehead atoms. The molecule has 0 heterocycles. The lowest BCUT2D eigenvalue weighted by atomic mass is 10.1. The Morgan fingerprint density at radius 3 is 2.73 bits per heavy atom. The average Bonchev–Trinajstić information content (AvgIpc) is 2.18. The fourth-order valence-electron chi connectivity index (χ4n) is 1.36. The van der Waals surface area contributed by atoms with Gasteiger partial charge in [0.05, 0.1) is 20.1 Å². The molecule has 0 saturated heterocycles. The number of methoxy groups -OCH3 is 1. The Morgan fingerprint density at radius 2 is 2.20 bits per heavy atom. The van der Waals surface area contributed by atoms with Crippen LogP contribution in [0, 0.1) is 0 Å². The normalized spacial score (nSPS) is 9.73. The Morgan fingerprint density at radius 1 is 1.47 bits per heavy atom. The number of rotatable bonds is 5. The van der Waals surface area contributed by atoms with E-state index in [1.165, 1.54) is 7.11 Å². The van der Waals surface area contributed by atoms with E-state index < -0.39 is 5.97 Å². The van der Waals surface area contributed by atoms with Crippen LogP contribution in [-0.4, -0.2) is 24.8 Å². The molecule has 0 aliphatic carbocycles. The van der Waals surface area contributed by atoms with Crippen molar-refractivity contribution in [2.75, 3.05) is 13.7 Å². The second-order valence-corrected chi connectivity index (χ2v) is 2.95. The van der Waals surface area contributed by atoms with E-state index in [0.29, 0.717) is 23.7 Å². The smallest absolute Gasteiger partial charge is 0.307 e. The van der Waals surface area contributed by atoms with Gasteiger partial charge in [0.2, 0.25) is 0 Å². The maximum Gasteiger partial charge on any atom is 0.307 e. The predicted molar refractivity (Wildman–Crippen MR) is 55.5 cm³/mol. The molecule has 0 aliphatic rings. The minimum atomic E-state index is -0.887. The number of hydrogen-bond acceptors (Lipinski definition) is 3. The molecule has 1 aromatic carbocycles. The fraction of sp³-hybridized carbons (Fsp3) is 0.364. The molecule has 0 radical (unpaired) electrons. The summed E-state index contributed by atoms with van der Waals surface area (Å²) < 4.78 is 10.5. The molecule has 4 heteroatoms. The highest BCUT2D eigenvalue weighted by molar-refractivity contribution is 5.72. The molecule has 15 heavy (non-hydrogen) atoms. The minimum absolute atomic E-state index is 0.0654. The fourth-order valence-corrected chi connectivity index (χ4v) is 1.36. The van der Waals surface area contributed by atoms with Crippen molar-refractivity contribution in [2.45, 2.75) is 13.3 Å². The van der Waals surface area contributed by atoms with E-state index in [1.807, 2.05) is 6.92 Å². The highest BCUT2D eigenvalue weighted by atomic mass is 16.5. The van der Waals surface area contributed by atoms with Gasteiger partial charge in [0.1, 0.15) is 0 Å². The Bertz CT molecular complexity index is 346. The largest absolute Gasteiger partial charge is 0.493 e. The van der Waals surface area contributed by atoms with Crippen LogP contribution in [0.1, 0.15) is 12.5 Å². The zero-order valence-corrected chi connectivity index (χ0v) is 8.82. The predicted octanol–water partition coefficient (Wildman–Crippen LogP) is 1.72. The third-order valence-electron chi connectivity index (χ3n) is 1.91. The number of carboxylic acids is 1. The Labute approximate surface area is 88.4 Å². The molecule has 4 nitrogen and oxygen atoms in total. The number of carboxylic acid groups (broad SMARTS) is 1. The topological polar surface area (TPSA) is 55.8 Å². The van der Waals surface area contributed by atoms with Crippen molar-refractivity contribution >= 4 is 5.97 Å². The van der Waals surface area contributed by atoms with Gasteiger partial charge in [-0.15, -0.1) is 0 Å².